The van der Waals surface area contributed by atoms with E-state index in [9.17, 15) is 14.4 Å². The second-order valence-electron chi connectivity index (χ2n) is 6.00. The maximum Gasteiger partial charge on any atom is 0.359 e. The molecule has 0 aliphatic heterocycles. The molecule has 1 amide bonds. The lowest BCUT2D eigenvalue weighted by Crippen LogP contribution is -2.26. The van der Waals surface area contributed by atoms with Crippen LogP contribution in [0.3, 0.4) is 0 Å². The van der Waals surface area contributed by atoms with Gasteiger partial charge in [0.15, 0.2) is 12.3 Å². The largest absolute Gasteiger partial charge is 0.451 e. The predicted molar refractivity (Wildman–Crippen MR) is 102 cm³/mol. The summed E-state index contributed by atoms with van der Waals surface area (Å²) in [4.78, 5) is 36.5. The topological polar surface area (TPSA) is 90.3 Å². The minimum atomic E-state index is -0.765. The first-order valence-corrected chi connectivity index (χ1v) is 8.51. The Hall–Kier alpha value is -3.48. The standard InChI is InChI=1S/C20H19N3O4/c1-3-13-8-10-14(11-9-13)21-17(24)12-27-20(26)18-15-6-4-5-7-16(15)19(25)23(2)22-18/h4-11H,3,12H2,1-2H3,(H,21,24). The Bertz CT molecular complexity index is 1060. The second kappa shape index (κ2) is 7.82. The number of hydrogen-bond acceptors (Lipinski definition) is 5. The van der Waals surface area contributed by atoms with Crippen molar-refractivity contribution in [3.05, 3.63) is 70.1 Å². The van der Waals surface area contributed by atoms with E-state index in [2.05, 4.69) is 10.4 Å². The maximum absolute atomic E-state index is 12.4. The van der Waals surface area contributed by atoms with Gasteiger partial charge in [-0.15, -0.1) is 0 Å². The molecule has 0 aliphatic carbocycles. The zero-order valence-electron chi connectivity index (χ0n) is 15.1. The number of fused-ring (bicyclic) bond motifs is 1. The summed E-state index contributed by atoms with van der Waals surface area (Å²) in [6.07, 6.45) is 0.909. The fourth-order valence-electron chi connectivity index (χ4n) is 2.67. The fourth-order valence-corrected chi connectivity index (χ4v) is 2.67. The van der Waals surface area contributed by atoms with Crippen molar-refractivity contribution in [3.8, 4) is 0 Å². The second-order valence-corrected chi connectivity index (χ2v) is 6.00. The number of nitrogens with zero attached hydrogens (tertiary/aromatic N) is 2. The smallest absolute Gasteiger partial charge is 0.359 e. The minimum Gasteiger partial charge on any atom is -0.451 e. The number of benzene rings is 2. The summed E-state index contributed by atoms with van der Waals surface area (Å²) in [5.41, 5.74) is 1.47. The van der Waals surface area contributed by atoms with Crippen molar-refractivity contribution in [2.24, 2.45) is 7.05 Å². The molecule has 7 nitrogen and oxygen atoms in total. The Balaban J connectivity index is 1.70. The maximum atomic E-state index is 12.4. The molecule has 0 spiro atoms. The lowest BCUT2D eigenvalue weighted by atomic mass is 10.1. The van der Waals surface area contributed by atoms with Crippen LogP contribution in [0.2, 0.25) is 0 Å². The van der Waals surface area contributed by atoms with E-state index >= 15 is 0 Å². The van der Waals surface area contributed by atoms with E-state index in [0.717, 1.165) is 16.7 Å². The summed E-state index contributed by atoms with van der Waals surface area (Å²) in [6.45, 7) is 1.59. The molecule has 0 radical (unpaired) electrons. The number of carbonyl (C=O) groups excluding carboxylic acids is 2. The average molecular weight is 365 g/mol. The molecule has 0 fully saturated rings. The van der Waals surface area contributed by atoms with Gasteiger partial charge >= 0.3 is 5.97 Å². The van der Waals surface area contributed by atoms with Crippen LogP contribution in [0.1, 0.15) is 23.0 Å². The molecular weight excluding hydrogens is 346 g/mol. The summed E-state index contributed by atoms with van der Waals surface area (Å²) in [6, 6.07) is 14.1. The van der Waals surface area contributed by atoms with Gasteiger partial charge in [-0.2, -0.15) is 5.10 Å². The van der Waals surface area contributed by atoms with E-state index in [1.807, 2.05) is 19.1 Å². The van der Waals surface area contributed by atoms with Crippen molar-refractivity contribution in [1.82, 2.24) is 9.78 Å². The highest BCUT2D eigenvalue weighted by molar-refractivity contribution is 6.03. The monoisotopic (exact) mass is 365 g/mol. The van der Waals surface area contributed by atoms with Gasteiger partial charge in [0.1, 0.15) is 0 Å². The lowest BCUT2D eigenvalue weighted by molar-refractivity contribution is -0.119. The number of aryl methyl sites for hydroxylation is 2. The summed E-state index contributed by atoms with van der Waals surface area (Å²) in [7, 11) is 1.46. The first-order chi connectivity index (χ1) is 13.0. The number of aromatic nitrogens is 2. The van der Waals surface area contributed by atoms with E-state index in [1.165, 1.54) is 7.05 Å². The molecule has 138 valence electrons. The summed E-state index contributed by atoms with van der Waals surface area (Å²) in [5, 5.41) is 7.40. The van der Waals surface area contributed by atoms with Crippen LogP contribution < -0.4 is 10.9 Å². The van der Waals surface area contributed by atoms with Crippen molar-refractivity contribution < 1.29 is 14.3 Å². The first-order valence-electron chi connectivity index (χ1n) is 8.51. The number of hydrogen-bond donors (Lipinski definition) is 1. The summed E-state index contributed by atoms with van der Waals surface area (Å²) in [5.74, 6) is -1.22. The van der Waals surface area contributed by atoms with Crippen LogP contribution in [-0.2, 0) is 23.0 Å². The van der Waals surface area contributed by atoms with Crippen LogP contribution in [0.5, 0.6) is 0 Å². The third-order valence-electron chi connectivity index (χ3n) is 4.13. The van der Waals surface area contributed by atoms with Crippen molar-refractivity contribution in [2.45, 2.75) is 13.3 Å². The van der Waals surface area contributed by atoms with Gasteiger partial charge in [-0.05, 0) is 30.2 Å². The van der Waals surface area contributed by atoms with Gasteiger partial charge in [0.05, 0.1) is 5.39 Å². The highest BCUT2D eigenvalue weighted by atomic mass is 16.5. The van der Waals surface area contributed by atoms with Crippen LogP contribution in [0, 0.1) is 0 Å². The first kappa shape index (κ1) is 18.3. The fraction of sp³-hybridized carbons (Fsp3) is 0.200. The van der Waals surface area contributed by atoms with E-state index in [-0.39, 0.29) is 11.3 Å². The molecule has 3 rings (SSSR count). The van der Waals surface area contributed by atoms with Crippen LogP contribution in [0.25, 0.3) is 10.8 Å². The Kier molecular flexibility index (Phi) is 5.30. The molecule has 0 unspecified atom stereocenters. The molecule has 27 heavy (non-hydrogen) atoms. The highest BCUT2D eigenvalue weighted by Gasteiger charge is 2.18. The number of ether oxygens (including phenoxy) is 1. The number of amides is 1. The third-order valence-corrected chi connectivity index (χ3v) is 4.13. The molecule has 1 N–H and O–H groups in total. The summed E-state index contributed by atoms with van der Waals surface area (Å²) < 4.78 is 6.16. The summed E-state index contributed by atoms with van der Waals surface area (Å²) >= 11 is 0. The van der Waals surface area contributed by atoms with Crippen molar-refractivity contribution in [2.75, 3.05) is 11.9 Å². The Labute approximate surface area is 155 Å². The van der Waals surface area contributed by atoms with E-state index in [1.54, 1.807) is 36.4 Å². The molecule has 0 atom stereocenters. The Morgan fingerprint density at radius 1 is 1.07 bits per heavy atom. The van der Waals surface area contributed by atoms with Gasteiger partial charge in [-0.1, -0.05) is 37.3 Å². The van der Waals surface area contributed by atoms with Gasteiger partial charge in [0.2, 0.25) is 0 Å². The average Bonchev–Trinajstić information content (AvgIpc) is 2.69. The van der Waals surface area contributed by atoms with E-state index in [4.69, 9.17) is 4.74 Å². The van der Waals surface area contributed by atoms with Gasteiger partial charge in [-0.3, -0.25) is 9.59 Å². The molecular formula is C20H19N3O4. The van der Waals surface area contributed by atoms with E-state index in [0.29, 0.717) is 16.5 Å². The molecule has 1 aromatic heterocycles. The van der Waals surface area contributed by atoms with Gasteiger partial charge < -0.3 is 10.1 Å². The zero-order valence-corrected chi connectivity index (χ0v) is 15.1. The zero-order chi connectivity index (χ0) is 19.4. The number of esters is 1. The normalized spacial score (nSPS) is 10.6. The number of anilines is 1. The van der Waals surface area contributed by atoms with Crippen LogP contribution in [0.4, 0.5) is 5.69 Å². The quantitative estimate of drug-likeness (QED) is 0.701. The van der Waals surface area contributed by atoms with Crippen LogP contribution in [-0.4, -0.2) is 28.3 Å². The van der Waals surface area contributed by atoms with Gasteiger partial charge in [0, 0.05) is 18.1 Å². The van der Waals surface area contributed by atoms with Gasteiger partial charge in [0.25, 0.3) is 11.5 Å². The van der Waals surface area contributed by atoms with Crippen molar-refractivity contribution >= 4 is 28.3 Å². The van der Waals surface area contributed by atoms with Crippen molar-refractivity contribution in [1.29, 1.82) is 0 Å². The molecule has 7 heteroatoms. The molecule has 0 saturated heterocycles. The van der Waals surface area contributed by atoms with Crippen LogP contribution in [0.15, 0.2) is 53.3 Å². The number of carbonyl (C=O) groups is 2. The predicted octanol–water partition coefficient (Wildman–Crippen LogP) is 2.29. The lowest BCUT2D eigenvalue weighted by Gasteiger charge is -2.09. The van der Waals surface area contributed by atoms with Crippen LogP contribution >= 0.6 is 0 Å². The Morgan fingerprint density at radius 3 is 2.41 bits per heavy atom. The van der Waals surface area contributed by atoms with E-state index < -0.39 is 18.5 Å². The molecule has 0 bridgehead atoms. The van der Waals surface area contributed by atoms with Gasteiger partial charge in [-0.25, -0.2) is 9.48 Å². The number of nitrogens with one attached hydrogen (secondary N) is 1. The highest BCUT2D eigenvalue weighted by Crippen LogP contribution is 2.14. The molecule has 0 aliphatic rings. The van der Waals surface area contributed by atoms with Crippen molar-refractivity contribution in [3.63, 3.8) is 0 Å². The molecule has 2 aromatic carbocycles. The minimum absolute atomic E-state index is 0.00667. The SMILES string of the molecule is CCc1ccc(NC(=O)COC(=O)c2nn(C)c(=O)c3ccccc23)cc1. The third kappa shape index (κ3) is 4.03. The molecule has 3 aromatic rings. The number of rotatable bonds is 5. The Morgan fingerprint density at radius 2 is 1.74 bits per heavy atom. The molecule has 1 heterocycles. The molecule has 0 saturated carbocycles.